The summed E-state index contributed by atoms with van der Waals surface area (Å²) in [5.41, 5.74) is 0.516. The van der Waals surface area contributed by atoms with E-state index in [1.54, 1.807) is 27.9 Å². The predicted molar refractivity (Wildman–Crippen MR) is 80.1 cm³/mol. The monoisotopic (exact) mass is 290 g/mol. The molecule has 21 heavy (non-hydrogen) atoms. The number of aryl methyl sites for hydroxylation is 1. The van der Waals surface area contributed by atoms with Crippen LogP contribution in [-0.4, -0.2) is 24.8 Å². The fourth-order valence-electron chi connectivity index (χ4n) is 1.72. The quantitative estimate of drug-likeness (QED) is 0.904. The minimum atomic E-state index is -0.569. The lowest BCUT2D eigenvalue weighted by molar-refractivity contribution is 0.0514. The SMILES string of the molecule is COc1ccc(CCC(C#N)NC(=O)OC(C)(C)C)cc1. The highest BCUT2D eigenvalue weighted by Crippen LogP contribution is 2.13. The van der Waals surface area contributed by atoms with E-state index in [0.717, 1.165) is 11.3 Å². The van der Waals surface area contributed by atoms with E-state index in [-0.39, 0.29) is 0 Å². The molecule has 0 aliphatic heterocycles. The van der Waals surface area contributed by atoms with Gasteiger partial charge in [0.15, 0.2) is 0 Å². The molecule has 1 amide bonds. The third-order valence-electron chi connectivity index (χ3n) is 2.73. The molecule has 0 radical (unpaired) electrons. The summed E-state index contributed by atoms with van der Waals surface area (Å²) in [6.07, 6.45) is 0.656. The molecule has 0 heterocycles. The molecule has 5 heteroatoms. The van der Waals surface area contributed by atoms with Crippen LogP contribution in [0.2, 0.25) is 0 Å². The van der Waals surface area contributed by atoms with Gasteiger partial charge in [0.25, 0.3) is 0 Å². The Labute approximate surface area is 125 Å². The van der Waals surface area contributed by atoms with E-state index >= 15 is 0 Å². The van der Waals surface area contributed by atoms with Crippen molar-refractivity contribution < 1.29 is 14.3 Å². The summed E-state index contributed by atoms with van der Waals surface area (Å²) in [5, 5.41) is 11.7. The molecular weight excluding hydrogens is 268 g/mol. The first-order chi connectivity index (χ1) is 9.84. The van der Waals surface area contributed by atoms with Crippen molar-refractivity contribution in [1.82, 2.24) is 5.32 Å². The molecule has 0 saturated heterocycles. The summed E-state index contributed by atoms with van der Waals surface area (Å²) in [6.45, 7) is 5.35. The molecule has 114 valence electrons. The highest BCUT2D eigenvalue weighted by molar-refractivity contribution is 5.68. The third-order valence-corrected chi connectivity index (χ3v) is 2.73. The van der Waals surface area contributed by atoms with Crippen LogP contribution in [0.1, 0.15) is 32.8 Å². The van der Waals surface area contributed by atoms with Crippen LogP contribution in [0.3, 0.4) is 0 Å². The highest BCUT2D eigenvalue weighted by Gasteiger charge is 2.19. The zero-order valence-electron chi connectivity index (χ0n) is 13.0. The summed E-state index contributed by atoms with van der Waals surface area (Å²) >= 11 is 0. The van der Waals surface area contributed by atoms with E-state index in [0.29, 0.717) is 12.8 Å². The molecule has 0 bridgehead atoms. The van der Waals surface area contributed by atoms with E-state index in [9.17, 15) is 4.79 Å². The minimum Gasteiger partial charge on any atom is -0.497 e. The summed E-state index contributed by atoms with van der Waals surface area (Å²) in [5.74, 6) is 0.794. The zero-order valence-corrected chi connectivity index (χ0v) is 13.0. The van der Waals surface area contributed by atoms with Gasteiger partial charge in [-0.3, -0.25) is 0 Å². The second-order valence-electron chi connectivity index (χ2n) is 5.71. The average molecular weight is 290 g/mol. The van der Waals surface area contributed by atoms with Crippen LogP contribution < -0.4 is 10.1 Å². The Balaban J connectivity index is 2.47. The molecule has 1 unspecified atom stereocenters. The highest BCUT2D eigenvalue weighted by atomic mass is 16.6. The lowest BCUT2D eigenvalue weighted by Crippen LogP contribution is -2.38. The van der Waals surface area contributed by atoms with Crippen LogP contribution in [0.25, 0.3) is 0 Å². The number of amides is 1. The Morgan fingerprint density at radius 3 is 2.43 bits per heavy atom. The van der Waals surface area contributed by atoms with Gasteiger partial charge in [0.05, 0.1) is 13.2 Å². The Kier molecular flexibility index (Phi) is 6.04. The Hall–Kier alpha value is -2.22. The molecule has 0 saturated carbocycles. The lowest BCUT2D eigenvalue weighted by Gasteiger charge is -2.21. The van der Waals surface area contributed by atoms with Gasteiger partial charge in [-0.15, -0.1) is 0 Å². The second-order valence-corrected chi connectivity index (χ2v) is 5.71. The maximum absolute atomic E-state index is 11.6. The van der Waals surface area contributed by atoms with Crippen LogP contribution >= 0.6 is 0 Å². The van der Waals surface area contributed by atoms with E-state index in [1.807, 2.05) is 24.3 Å². The molecule has 0 aromatic heterocycles. The molecule has 1 N–H and O–H groups in total. The average Bonchev–Trinajstić information content (AvgIpc) is 2.42. The van der Waals surface area contributed by atoms with Gasteiger partial charge >= 0.3 is 6.09 Å². The first-order valence-electron chi connectivity index (χ1n) is 6.86. The summed E-state index contributed by atoms with van der Waals surface area (Å²) in [7, 11) is 1.62. The van der Waals surface area contributed by atoms with Crippen molar-refractivity contribution in [2.75, 3.05) is 7.11 Å². The van der Waals surface area contributed by atoms with Gasteiger partial charge in [-0.05, 0) is 51.3 Å². The molecular formula is C16H22N2O3. The van der Waals surface area contributed by atoms with Crippen LogP contribution in [0, 0.1) is 11.3 Å². The molecule has 1 aromatic rings. The first-order valence-corrected chi connectivity index (χ1v) is 6.86. The van der Waals surface area contributed by atoms with Crippen LogP contribution in [-0.2, 0) is 11.2 Å². The number of alkyl carbamates (subject to hydrolysis) is 1. The van der Waals surface area contributed by atoms with Crippen LogP contribution in [0.4, 0.5) is 4.79 Å². The maximum Gasteiger partial charge on any atom is 0.408 e. The number of nitrogens with zero attached hydrogens (tertiary/aromatic N) is 1. The Morgan fingerprint density at radius 2 is 1.95 bits per heavy atom. The van der Waals surface area contributed by atoms with Crippen molar-refractivity contribution >= 4 is 6.09 Å². The lowest BCUT2D eigenvalue weighted by atomic mass is 10.1. The van der Waals surface area contributed by atoms with Crippen molar-refractivity contribution in [3.8, 4) is 11.8 Å². The number of nitriles is 1. The van der Waals surface area contributed by atoms with E-state index < -0.39 is 17.7 Å². The fourth-order valence-corrected chi connectivity index (χ4v) is 1.72. The molecule has 0 spiro atoms. The van der Waals surface area contributed by atoms with Crippen molar-refractivity contribution in [1.29, 1.82) is 5.26 Å². The number of rotatable bonds is 5. The minimum absolute atomic E-state index is 0.530. The number of carbonyl (C=O) groups is 1. The maximum atomic E-state index is 11.6. The number of nitrogens with one attached hydrogen (secondary N) is 1. The standard InChI is InChI=1S/C16H22N2O3/c1-16(2,3)21-15(19)18-13(11-17)8-5-12-6-9-14(20-4)10-7-12/h6-7,9-10,13H,5,8H2,1-4H3,(H,18,19). The number of hydrogen-bond acceptors (Lipinski definition) is 4. The van der Waals surface area contributed by atoms with Gasteiger partial charge in [0, 0.05) is 0 Å². The van der Waals surface area contributed by atoms with Crippen molar-refractivity contribution in [3.05, 3.63) is 29.8 Å². The van der Waals surface area contributed by atoms with E-state index in [1.165, 1.54) is 0 Å². The molecule has 0 aliphatic carbocycles. The predicted octanol–water partition coefficient (Wildman–Crippen LogP) is 3.04. The summed E-state index contributed by atoms with van der Waals surface area (Å²) in [4.78, 5) is 11.6. The van der Waals surface area contributed by atoms with Gasteiger partial charge in [0.1, 0.15) is 17.4 Å². The van der Waals surface area contributed by atoms with E-state index in [2.05, 4.69) is 11.4 Å². The summed E-state index contributed by atoms with van der Waals surface area (Å²) in [6, 6.07) is 9.14. The van der Waals surface area contributed by atoms with Gasteiger partial charge in [-0.1, -0.05) is 12.1 Å². The van der Waals surface area contributed by atoms with Gasteiger partial charge in [0.2, 0.25) is 0 Å². The Bertz CT molecular complexity index is 498. The van der Waals surface area contributed by atoms with Gasteiger partial charge in [-0.25, -0.2) is 4.79 Å². The topological polar surface area (TPSA) is 71.3 Å². The van der Waals surface area contributed by atoms with Crippen molar-refractivity contribution in [2.45, 2.75) is 45.3 Å². The number of hydrogen-bond donors (Lipinski definition) is 1. The molecule has 0 fully saturated rings. The number of ether oxygens (including phenoxy) is 2. The Morgan fingerprint density at radius 1 is 1.33 bits per heavy atom. The molecule has 0 aliphatic rings. The molecule has 1 aromatic carbocycles. The smallest absolute Gasteiger partial charge is 0.408 e. The first kappa shape index (κ1) is 16.8. The third kappa shape index (κ3) is 6.66. The largest absolute Gasteiger partial charge is 0.497 e. The van der Waals surface area contributed by atoms with Crippen molar-refractivity contribution in [3.63, 3.8) is 0 Å². The normalized spacial score (nSPS) is 12.1. The van der Waals surface area contributed by atoms with E-state index in [4.69, 9.17) is 14.7 Å². The van der Waals surface area contributed by atoms with Gasteiger partial charge in [-0.2, -0.15) is 5.26 Å². The molecule has 1 rings (SSSR count). The van der Waals surface area contributed by atoms with Gasteiger partial charge < -0.3 is 14.8 Å². The number of carbonyl (C=O) groups excluding carboxylic acids is 1. The number of benzene rings is 1. The second kappa shape index (κ2) is 7.53. The fraction of sp³-hybridized carbons (Fsp3) is 0.500. The molecule has 5 nitrogen and oxygen atoms in total. The zero-order chi connectivity index (χ0) is 15.9. The van der Waals surface area contributed by atoms with Crippen LogP contribution in [0.15, 0.2) is 24.3 Å². The van der Waals surface area contributed by atoms with Crippen molar-refractivity contribution in [2.24, 2.45) is 0 Å². The van der Waals surface area contributed by atoms with Crippen LogP contribution in [0.5, 0.6) is 5.75 Å². The number of methoxy groups -OCH3 is 1. The molecule has 1 atom stereocenters. The summed E-state index contributed by atoms with van der Waals surface area (Å²) < 4.78 is 10.2.